The van der Waals surface area contributed by atoms with Crippen molar-refractivity contribution in [2.45, 2.75) is 19.1 Å². The van der Waals surface area contributed by atoms with E-state index >= 15 is 0 Å². The molecule has 0 aromatic carbocycles. The van der Waals surface area contributed by atoms with Gasteiger partial charge in [0.05, 0.1) is 5.25 Å². The lowest BCUT2D eigenvalue weighted by Gasteiger charge is -2.09. The Bertz CT molecular complexity index is 564. The highest BCUT2D eigenvalue weighted by atomic mass is 32.2. The summed E-state index contributed by atoms with van der Waals surface area (Å²) in [4.78, 5) is 14.2. The molecule has 7 heteroatoms. The van der Waals surface area contributed by atoms with E-state index < -0.39 is 21.2 Å². The number of carboxylic acids is 1. The van der Waals surface area contributed by atoms with E-state index in [1.807, 2.05) is 0 Å². The van der Waals surface area contributed by atoms with E-state index in [1.165, 1.54) is 18.3 Å². The Balaban J connectivity index is 2.93. The number of hydrogen-bond acceptors (Lipinski definition) is 4. The molecule has 0 aliphatic carbocycles. The Hall–Kier alpha value is -1.89. The van der Waals surface area contributed by atoms with Crippen LogP contribution in [0.3, 0.4) is 0 Å². The maximum Gasteiger partial charge on any atom is 0.328 e. The van der Waals surface area contributed by atoms with Gasteiger partial charge in [-0.05, 0) is 37.6 Å². The number of nitrogens with one attached hydrogen (secondary N) is 1. The van der Waals surface area contributed by atoms with Gasteiger partial charge in [0.25, 0.3) is 0 Å². The van der Waals surface area contributed by atoms with Gasteiger partial charge in [-0.25, -0.2) is 18.2 Å². The van der Waals surface area contributed by atoms with Crippen molar-refractivity contribution in [2.24, 2.45) is 0 Å². The Morgan fingerprint density at radius 1 is 1.50 bits per heavy atom. The number of sulfonamides is 1. The molecule has 0 amide bonds. The van der Waals surface area contributed by atoms with Gasteiger partial charge in [0.15, 0.2) is 0 Å². The van der Waals surface area contributed by atoms with Crippen LogP contribution in [0.4, 0.5) is 5.82 Å². The summed E-state index contributed by atoms with van der Waals surface area (Å²) in [6, 6.07) is 3.03. The van der Waals surface area contributed by atoms with Gasteiger partial charge in [-0.15, -0.1) is 0 Å². The number of rotatable bonds is 5. The van der Waals surface area contributed by atoms with Crippen molar-refractivity contribution in [1.29, 1.82) is 0 Å². The predicted octanol–water partition coefficient (Wildman–Crippen LogP) is 1.33. The molecular weight excluding hydrogens is 256 g/mol. The highest BCUT2D eigenvalue weighted by Crippen LogP contribution is 2.12. The van der Waals surface area contributed by atoms with Gasteiger partial charge in [-0.1, -0.05) is 0 Å². The predicted molar refractivity (Wildman–Crippen MR) is 68.6 cm³/mol. The topological polar surface area (TPSA) is 96.4 Å². The molecule has 1 heterocycles. The van der Waals surface area contributed by atoms with Crippen LogP contribution in [-0.2, 0) is 14.8 Å². The van der Waals surface area contributed by atoms with Crippen molar-refractivity contribution < 1.29 is 18.3 Å². The molecule has 1 aromatic rings. The highest BCUT2D eigenvalue weighted by molar-refractivity contribution is 7.93. The van der Waals surface area contributed by atoms with Crippen LogP contribution in [0.15, 0.2) is 24.4 Å². The van der Waals surface area contributed by atoms with E-state index in [2.05, 4.69) is 9.71 Å². The van der Waals surface area contributed by atoms with Gasteiger partial charge >= 0.3 is 5.97 Å². The van der Waals surface area contributed by atoms with E-state index in [9.17, 15) is 13.2 Å². The van der Waals surface area contributed by atoms with E-state index in [0.29, 0.717) is 5.56 Å². The van der Waals surface area contributed by atoms with Gasteiger partial charge < -0.3 is 5.11 Å². The van der Waals surface area contributed by atoms with Gasteiger partial charge in [-0.3, -0.25) is 4.72 Å². The number of carboxylic acid groups (broad SMARTS) is 1. The van der Waals surface area contributed by atoms with Gasteiger partial charge in [0.1, 0.15) is 5.82 Å². The minimum atomic E-state index is -3.45. The SMILES string of the molecule is CC(C)S(=O)(=O)Nc1cc(/C=C/C(=O)O)ccn1. The summed E-state index contributed by atoms with van der Waals surface area (Å²) in [5, 5.41) is 7.92. The third kappa shape index (κ3) is 4.17. The number of pyridine rings is 1. The van der Waals surface area contributed by atoms with E-state index in [4.69, 9.17) is 5.11 Å². The summed E-state index contributed by atoms with van der Waals surface area (Å²) < 4.78 is 25.6. The number of aromatic nitrogens is 1. The Morgan fingerprint density at radius 3 is 2.72 bits per heavy atom. The van der Waals surface area contributed by atoms with Crippen LogP contribution in [0.1, 0.15) is 19.4 Å². The monoisotopic (exact) mass is 270 g/mol. The third-order valence-corrected chi connectivity index (χ3v) is 3.80. The third-order valence-electron chi connectivity index (χ3n) is 2.07. The molecule has 1 rings (SSSR count). The zero-order valence-electron chi connectivity index (χ0n) is 9.99. The first-order valence-electron chi connectivity index (χ1n) is 5.20. The molecule has 98 valence electrons. The van der Waals surface area contributed by atoms with Crippen molar-refractivity contribution in [3.05, 3.63) is 30.0 Å². The summed E-state index contributed by atoms with van der Waals surface area (Å²) in [7, 11) is -3.45. The summed E-state index contributed by atoms with van der Waals surface area (Å²) in [5.74, 6) is -0.910. The first-order valence-corrected chi connectivity index (χ1v) is 6.74. The minimum Gasteiger partial charge on any atom is -0.478 e. The van der Waals surface area contributed by atoms with Gasteiger partial charge in [-0.2, -0.15) is 0 Å². The lowest BCUT2D eigenvalue weighted by Crippen LogP contribution is -2.22. The number of carbonyl (C=O) groups is 1. The molecule has 6 nitrogen and oxygen atoms in total. The van der Waals surface area contributed by atoms with Crippen LogP contribution >= 0.6 is 0 Å². The molecule has 0 saturated heterocycles. The molecule has 0 aliphatic rings. The number of nitrogens with zero attached hydrogens (tertiary/aromatic N) is 1. The molecule has 18 heavy (non-hydrogen) atoms. The molecule has 0 saturated carbocycles. The Morgan fingerprint density at radius 2 is 2.17 bits per heavy atom. The summed E-state index contributed by atoms with van der Waals surface area (Å²) in [6.07, 6.45) is 3.73. The highest BCUT2D eigenvalue weighted by Gasteiger charge is 2.15. The Labute approximate surface area is 105 Å². The standard InChI is InChI=1S/C11H14N2O4S/c1-8(2)18(16,17)13-10-7-9(5-6-12-10)3-4-11(14)15/h3-8H,1-2H3,(H,12,13)(H,14,15)/b4-3+. The van der Waals surface area contributed by atoms with Crippen LogP contribution in [0.2, 0.25) is 0 Å². The summed E-state index contributed by atoms with van der Waals surface area (Å²) >= 11 is 0. The molecule has 0 radical (unpaired) electrons. The van der Waals surface area contributed by atoms with Crippen LogP contribution in [-0.4, -0.2) is 29.7 Å². The van der Waals surface area contributed by atoms with Crippen molar-refractivity contribution in [3.63, 3.8) is 0 Å². The lowest BCUT2D eigenvalue weighted by molar-refractivity contribution is -0.131. The zero-order chi connectivity index (χ0) is 13.8. The normalized spacial score (nSPS) is 11.9. The molecule has 2 N–H and O–H groups in total. The maximum atomic E-state index is 11.6. The van der Waals surface area contributed by atoms with Crippen molar-refractivity contribution in [3.8, 4) is 0 Å². The molecule has 0 atom stereocenters. The largest absolute Gasteiger partial charge is 0.478 e. The van der Waals surface area contributed by atoms with Gasteiger partial charge in [0, 0.05) is 12.3 Å². The first kappa shape index (κ1) is 14.2. The molecule has 0 unspecified atom stereocenters. The fourth-order valence-electron chi connectivity index (χ4n) is 1.04. The van der Waals surface area contributed by atoms with Crippen LogP contribution in [0.25, 0.3) is 6.08 Å². The van der Waals surface area contributed by atoms with E-state index in [-0.39, 0.29) is 5.82 Å². The van der Waals surface area contributed by atoms with Crippen LogP contribution < -0.4 is 4.72 Å². The Kier molecular flexibility index (Phi) is 4.43. The van der Waals surface area contributed by atoms with Crippen LogP contribution in [0.5, 0.6) is 0 Å². The maximum absolute atomic E-state index is 11.6. The lowest BCUT2D eigenvalue weighted by atomic mass is 10.2. The molecular formula is C11H14N2O4S. The minimum absolute atomic E-state index is 0.163. The second kappa shape index (κ2) is 5.63. The zero-order valence-corrected chi connectivity index (χ0v) is 10.8. The molecule has 0 bridgehead atoms. The van der Waals surface area contributed by atoms with Gasteiger partial charge in [0.2, 0.25) is 10.0 Å². The molecule has 1 aromatic heterocycles. The average molecular weight is 270 g/mol. The fourth-order valence-corrected chi connectivity index (χ4v) is 1.68. The fraction of sp³-hybridized carbons (Fsp3) is 0.273. The van der Waals surface area contributed by atoms with E-state index in [0.717, 1.165) is 6.08 Å². The first-order chi connectivity index (χ1) is 8.31. The quantitative estimate of drug-likeness (QED) is 0.787. The average Bonchev–Trinajstić information content (AvgIpc) is 2.26. The van der Waals surface area contributed by atoms with Crippen molar-refractivity contribution >= 4 is 27.9 Å². The second-order valence-corrected chi connectivity index (χ2v) is 6.08. The summed E-state index contributed by atoms with van der Waals surface area (Å²) in [6.45, 7) is 3.10. The number of aliphatic carboxylic acids is 1. The number of anilines is 1. The van der Waals surface area contributed by atoms with E-state index in [1.54, 1.807) is 19.9 Å². The molecule has 0 spiro atoms. The van der Waals surface area contributed by atoms with Crippen LogP contribution in [0, 0.1) is 0 Å². The second-order valence-electron chi connectivity index (χ2n) is 3.84. The van der Waals surface area contributed by atoms with Crippen molar-refractivity contribution in [1.82, 2.24) is 4.98 Å². The summed E-state index contributed by atoms with van der Waals surface area (Å²) in [5.41, 5.74) is 0.550. The number of hydrogen-bond donors (Lipinski definition) is 2. The smallest absolute Gasteiger partial charge is 0.328 e. The molecule has 0 aliphatic heterocycles. The molecule has 0 fully saturated rings. The van der Waals surface area contributed by atoms with Crippen molar-refractivity contribution in [2.75, 3.05) is 4.72 Å².